The van der Waals surface area contributed by atoms with Gasteiger partial charge in [0.05, 0.1) is 12.6 Å². The molecule has 0 radical (unpaired) electrons. The Kier molecular flexibility index (Phi) is 6.77. The summed E-state index contributed by atoms with van der Waals surface area (Å²) in [7, 11) is 0. The molecule has 3 aliphatic heterocycles. The average molecular weight is 480 g/mol. The van der Waals surface area contributed by atoms with Crippen molar-refractivity contribution < 1.29 is 27.8 Å². The molecule has 0 aromatic heterocycles. The maximum absolute atomic E-state index is 15.1. The Balaban J connectivity index is 1.24. The minimum atomic E-state index is -3.00. The van der Waals surface area contributed by atoms with Gasteiger partial charge >= 0.3 is 12.2 Å². The van der Waals surface area contributed by atoms with Crippen molar-refractivity contribution in [1.29, 1.82) is 0 Å². The lowest BCUT2D eigenvalue weighted by atomic mass is 9.71. The van der Waals surface area contributed by atoms with Crippen molar-refractivity contribution in [3.63, 3.8) is 0 Å². The van der Waals surface area contributed by atoms with E-state index in [0.717, 1.165) is 23.3 Å². The van der Waals surface area contributed by atoms with Crippen LogP contribution in [0.2, 0.25) is 0 Å². The second-order valence-corrected chi connectivity index (χ2v) is 10.9. The molecular weight excluding hydrogens is 444 g/mol. The van der Waals surface area contributed by atoms with Gasteiger partial charge in [0.2, 0.25) is 0 Å². The molecule has 3 heterocycles. The molecule has 0 aliphatic carbocycles. The smallest absolute Gasteiger partial charge is 0.410 e. The van der Waals surface area contributed by atoms with E-state index in [1.165, 1.54) is 0 Å². The molecule has 9 heteroatoms. The second-order valence-electron chi connectivity index (χ2n) is 10.9. The first-order valence-electron chi connectivity index (χ1n) is 12.0. The van der Waals surface area contributed by atoms with Gasteiger partial charge in [-0.3, -0.25) is 4.90 Å². The van der Waals surface area contributed by atoms with Crippen molar-refractivity contribution >= 4 is 12.2 Å². The van der Waals surface area contributed by atoms with Crippen molar-refractivity contribution in [3.05, 3.63) is 35.9 Å². The minimum Gasteiger partial charge on any atom is -0.445 e. The molecule has 0 bridgehead atoms. The van der Waals surface area contributed by atoms with Gasteiger partial charge < -0.3 is 19.3 Å². The third kappa shape index (κ3) is 5.62. The van der Waals surface area contributed by atoms with E-state index in [0.29, 0.717) is 26.2 Å². The standard InChI is InChI=1S/C25H35F2N3O4/c1-23(2,3)34-22(32)30-16-24(17-30)10-13-28(14-11-24)20-9-12-29(18-25(20,26)27)21(31)33-15-19-7-5-4-6-8-19/h4-8,20H,9-18H2,1-3H3/t20-/m1/s1. The highest BCUT2D eigenvalue weighted by Crippen LogP contribution is 2.43. The Labute approximate surface area is 200 Å². The summed E-state index contributed by atoms with van der Waals surface area (Å²) >= 11 is 0. The highest BCUT2D eigenvalue weighted by atomic mass is 19.3. The van der Waals surface area contributed by atoms with Crippen LogP contribution in [0.5, 0.6) is 0 Å². The van der Waals surface area contributed by atoms with Gasteiger partial charge in [-0.05, 0) is 58.7 Å². The number of amides is 2. The van der Waals surface area contributed by atoms with Gasteiger partial charge in [0.1, 0.15) is 12.2 Å². The van der Waals surface area contributed by atoms with Crippen LogP contribution in [0.25, 0.3) is 0 Å². The molecule has 1 spiro atoms. The highest BCUT2D eigenvalue weighted by Gasteiger charge is 2.53. The summed E-state index contributed by atoms with van der Waals surface area (Å²) in [6, 6.07) is 8.30. The molecule has 4 rings (SSSR count). The lowest BCUT2D eigenvalue weighted by Crippen LogP contribution is -2.65. The normalized spacial score (nSPS) is 24.4. The van der Waals surface area contributed by atoms with Gasteiger partial charge in [0.25, 0.3) is 5.92 Å². The molecule has 1 aromatic carbocycles. The molecule has 1 atom stereocenters. The maximum Gasteiger partial charge on any atom is 0.410 e. The molecule has 2 amide bonds. The first-order valence-corrected chi connectivity index (χ1v) is 12.0. The molecule has 0 unspecified atom stereocenters. The summed E-state index contributed by atoms with van der Waals surface area (Å²) in [5.74, 6) is -3.00. The summed E-state index contributed by atoms with van der Waals surface area (Å²) < 4.78 is 40.8. The fourth-order valence-electron chi connectivity index (χ4n) is 5.19. The Hall–Kier alpha value is -2.42. The van der Waals surface area contributed by atoms with Gasteiger partial charge in [0, 0.05) is 25.0 Å². The molecule has 3 aliphatic rings. The summed E-state index contributed by atoms with van der Waals surface area (Å²) in [6.07, 6.45) is 0.767. The van der Waals surface area contributed by atoms with Crippen LogP contribution in [-0.4, -0.2) is 83.7 Å². The number of nitrogens with zero attached hydrogens (tertiary/aromatic N) is 3. The first kappa shape index (κ1) is 24.7. The molecule has 1 aromatic rings. The van der Waals surface area contributed by atoms with E-state index >= 15 is 8.78 Å². The van der Waals surface area contributed by atoms with Crippen molar-refractivity contribution in [2.24, 2.45) is 5.41 Å². The summed E-state index contributed by atoms with van der Waals surface area (Å²) in [5, 5.41) is 0. The largest absolute Gasteiger partial charge is 0.445 e. The van der Waals surface area contributed by atoms with E-state index in [9.17, 15) is 9.59 Å². The van der Waals surface area contributed by atoms with Crippen LogP contribution in [0, 0.1) is 5.41 Å². The van der Waals surface area contributed by atoms with E-state index in [1.807, 2.05) is 56.0 Å². The second kappa shape index (κ2) is 9.32. The van der Waals surface area contributed by atoms with E-state index in [1.54, 1.807) is 4.90 Å². The van der Waals surface area contributed by atoms with Crippen LogP contribution >= 0.6 is 0 Å². The minimum absolute atomic E-state index is 0.00460. The van der Waals surface area contributed by atoms with Crippen LogP contribution in [0.4, 0.5) is 18.4 Å². The molecular formula is C25H35F2N3O4. The molecule has 188 valence electrons. The van der Waals surface area contributed by atoms with Crippen LogP contribution in [0.3, 0.4) is 0 Å². The Morgan fingerprint density at radius 2 is 1.62 bits per heavy atom. The lowest BCUT2D eigenvalue weighted by Gasteiger charge is -2.55. The average Bonchev–Trinajstić information content (AvgIpc) is 2.75. The topological polar surface area (TPSA) is 62.3 Å². The van der Waals surface area contributed by atoms with Crippen LogP contribution < -0.4 is 0 Å². The Morgan fingerprint density at radius 1 is 0.971 bits per heavy atom. The van der Waals surface area contributed by atoms with Gasteiger partial charge in [-0.15, -0.1) is 0 Å². The van der Waals surface area contributed by atoms with Crippen molar-refractivity contribution in [3.8, 4) is 0 Å². The van der Waals surface area contributed by atoms with Gasteiger partial charge in [-0.2, -0.15) is 0 Å². The third-order valence-electron chi connectivity index (χ3n) is 7.03. The van der Waals surface area contributed by atoms with E-state index in [4.69, 9.17) is 9.47 Å². The van der Waals surface area contributed by atoms with Gasteiger partial charge in [-0.25, -0.2) is 18.4 Å². The maximum atomic E-state index is 15.1. The summed E-state index contributed by atoms with van der Waals surface area (Å²) in [6.45, 7) is 7.60. The van der Waals surface area contributed by atoms with Crippen LogP contribution in [0.1, 0.15) is 45.6 Å². The fraction of sp³-hybridized carbons (Fsp3) is 0.680. The molecule has 7 nitrogen and oxygen atoms in total. The number of ether oxygens (including phenoxy) is 2. The number of hydrogen-bond acceptors (Lipinski definition) is 5. The first-order chi connectivity index (χ1) is 16.0. The number of alkyl halides is 2. The number of likely N-dealkylation sites (tertiary alicyclic amines) is 3. The highest BCUT2D eigenvalue weighted by molar-refractivity contribution is 5.69. The Bertz CT molecular complexity index is 874. The van der Waals surface area contributed by atoms with Crippen molar-refractivity contribution in [1.82, 2.24) is 14.7 Å². The predicted octanol–water partition coefficient (Wildman–Crippen LogP) is 4.37. The van der Waals surface area contributed by atoms with Gasteiger partial charge in [0.15, 0.2) is 0 Å². The summed E-state index contributed by atoms with van der Waals surface area (Å²) in [4.78, 5) is 29.3. The number of rotatable bonds is 3. The third-order valence-corrected chi connectivity index (χ3v) is 7.03. The quantitative estimate of drug-likeness (QED) is 0.645. The number of hydrogen-bond donors (Lipinski definition) is 0. The van der Waals surface area contributed by atoms with Crippen molar-refractivity contribution in [2.75, 3.05) is 39.3 Å². The zero-order valence-corrected chi connectivity index (χ0v) is 20.3. The SMILES string of the molecule is CC(C)(C)OC(=O)N1CC2(CCN([C@@H]3CCN(C(=O)OCc4ccccc4)CC3(F)F)CC2)C1. The van der Waals surface area contributed by atoms with E-state index in [2.05, 4.69) is 0 Å². The number of piperidine rings is 2. The molecule has 3 saturated heterocycles. The molecule has 3 fully saturated rings. The fourth-order valence-corrected chi connectivity index (χ4v) is 5.19. The van der Waals surface area contributed by atoms with E-state index in [-0.39, 0.29) is 31.1 Å². The predicted molar refractivity (Wildman–Crippen MR) is 123 cm³/mol. The molecule has 34 heavy (non-hydrogen) atoms. The van der Waals surface area contributed by atoms with Crippen molar-refractivity contribution in [2.45, 2.75) is 64.2 Å². The van der Waals surface area contributed by atoms with E-state index < -0.39 is 30.2 Å². The number of carbonyl (C=O) groups is 2. The number of halogens is 2. The Morgan fingerprint density at radius 3 is 2.21 bits per heavy atom. The number of carbonyl (C=O) groups excluding carboxylic acids is 2. The van der Waals surface area contributed by atoms with Crippen LogP contribution in [0.15, 0.2) is 30.3 Å². The summed E-state index contributed by atoms with van der Waals surface area (Å²) in [5.41, 5.74) is 0.295. The van der Waals surface area contributed by atoms with Crippen LogP contribution in [-0.2, 0) is 16.1 Å². The zero-order chi connectivity index (χ0) is 24.6. The lowest BCUT2D eigenvalue weighted by molar-refractivity contribution is -0.140. The molecule has 0 saturated carbocycles. The zero-order valence-electron chi connectivity index (χ0n) is 20.3. The molecule has 0 N–H and O–H groups in total. The number of benzene rings is 1. The van der Waals surface area contributed by atoms with Gasteiger partial charge in [-0.1, -0.05) is 30.3 Å². The monoisotopic (exact) mass is 479 g/mol.